The molecule has 0 rings (SSSR count). The zero-order valence-corrected chi connectivity index (χ0v) is 8.73. The average Bonchev–Trinajstić information content (AvgIpc) is 1.99. The Morgan fingerprint density at radius 1 is 1.46 bits per heavy atom. The Labute approximate surface area is 83.4 Å². The van der Waals surface area contributed by atoms with E-state index in [2.05, 4.69) is 4.74 Å². The third kappa shape index (κ3) is 5.43. The number of carbonyl (C=O) groups is 2. The van der Waals surface area contributed by atoms with Crippen molar-refractivity contribution in [1.82, 2.24) is 5.43 Å². The summed E-state index contributed by atoms with van der Waals surface area (Å²) in [6.45, 7) is 4.60. The number of esters is 1. The maximum atomic E-state index is 11.0. The highest BCUT2D eigenvalue weighted by atomic mass is 35.5. The molecule has 0 aromatic carbocycles. The zero-order valence-electron chi connectivity index (χ0n) is 7.92. The van der Waals surface area contributed by atoms with Crippen molar-refractivity contribution in [3.8, 4) is 0 Å². The molecule has 0 aliphatic heterocycles. The molecule has 0 aliphatic carbocycles. The van der Waals surface area contributed by atoms with Crippen LogP contribution >= 0.6 is 12.4 Å². The third-order valence-corrected chi connectivity index (χ3v) is 1.38. The number of nitrogens with two attached hydrogens (primary N) is 1. The molecule has 0 aromatic heterocycles. The van der Waals surface area contributed by atoms with Crippen molar-refractivity contribution in [3.05, 3.63) is 0 Å². The van der Waals surface area contributed by atoms with Crippen molar-refractivity contribution in [3.63, 3.8) is 0 Å². The predicted molar refractivity (Wildman–Crippen MR) is 50.0 cm³/mol. The Morgan fingerprint density at radius 2 is 1.92 bits per heavy atom. The Balaban J connectivity index is 0. The van der Waals surface area contributed by atoms with Crippen molar-refractivity contribution >= 4 is 24.3 Å². The van der Waals surface area contributed by atoms with Gasteiger partial charge in [0.1, 0.15) is 6.61 Å². The topological polar surface area (TPSA) is 81.4 Å². The van der Waals surface area contributed by atoms with E-state index >= 15 is 0 Å². The van der Waals surface area contributed by atoms with E-state index in [9.17, 15) is 9.59 Å². The highest BCUT2D eigenvalue weighted by Gasteiger charge is 2.28. The number of ether oxygens (including phenoxy) is 1. The van der Waals surface area contributed by atoms with Crippen LogP contribution in [-0.2, 0) is 14.3 Å². The maximum absolute atomic E-state index is 11.0. The van der Waals surface area contributed by atoms with Crippen LogP contribution < -0.4 is 11.3 Å². The van der Waals surface area contributed by atoms with Crippen LogP contribution in [0, 0.1) is 5.41 Å². The van der Waals surface area contributed by atoms with Crippen LogP contribution in [0.1, 0.15) is 20.8 Å². The quantitative estimate of drug-likeness (QED) is 0.297. The molecule has 0 spiro atoms. The van der Waals surface area contributed by atoms with E-state index in [0.717, 1.165) is 0 Å². The van der Waals surface area contributed by atoms with Crippen molar-refractivity contribution in [2.45, 2.75) is 20.8 Å². The largest absolute Gasteiger partial charge is 0.465 e. The highest BCUT2D eigenvalue weighted by Crippen LogP contribution is 2.14. The molecular weight excluding hydrogens is 196 g/mol. The van der Waals surface area contributed by atoms with E-state index < -0.39 is 11.4 Å². The number of hydrogen-bond donors (Lipinski definition) is 2. The van der Waals surface area contributed by atoms with Crippen molar-refractivity contribution in [1.29, 1.82) is 0 Å². The summed E-state index contributed by atoms with van der Waals surface area (Å²) in [7, 11) is 0. The summed E-state index contributed by atoms with van der Waals surface area (Å²) in [6.07, 6.45) is 0. The molecule has 0 unspecified atom stereocenters. The lowest BCUT2D eigenvalue weighted by Gasteiger charge is -2.20. The molecule has 0 atom stereocenters. The molecule has 0 radical (unpaired) electrons. The smallest absolute Gasteiger partial charge is 0.302 e. The number of carbonyl (C=O) groups excluding carboxylic acids is 2. The zero-order chi connectivity index (χ0) is 9.78. The third-order valence-electron chi connectivity index (χ3n) is 1.38. The number of hydrazine groups is 1. The van der Waals surface area contributed by atoms with Crippen molar-refractivity contribution in [2.24, 2.45) is 11.3 Å². The van der Waals surface area contributed by atoms with Crippen LogP contribution in [0.25, 0.3) is 0 Å². The van der Waals surface area contributed by atoms with E-state index in [1.165, 1.54) is 6.92 Å². The SMILES string of the molecule is CC(=O)OCC(C)(C)C(=O)NN.Cl. The molecule has 1 amide bonds. The fourth-order valence-corrected chi connectivity index (χ4v) is 0.543. The van der Waals surface area contributed by atoms with E-state index in [-0.39, 0.29) is 24.9 Å². The summed E-state index contributed by atoms with van der Waals surface area (Å²) >= 11 is 0. The van der Waals surface area contributed by atoms with Gasteiger partial charge in [0.15, 0.2) is 0 Å². The second kappa shape index (κ2) is 5.77. The van der Waals surface area contributed by atoms with Gasteiger partial charge >= 0.3 is 5.97 Å². The number of amides is 1. The summed E-state index contributed by atoms with van der Waals surface area (Å²) < 4.78 is 4.67. The molecule has 5 nitrogen and oxygen atoms in total. The summed E-state index contributed by atoms with van der Waals surface area (Å²) in [6, 6.07) is 0. The number of halogens is 1. The van der Waals surface area contributed by atoms with Gasteiger partial charge in [-0.3, -0.25) is 15.0 Å². The van der Waals surface area contributed by atoms with Gasteiger partial charge in [0.25, 0.3) is 0 Å². The first-order valence-corrected chi connectivity index (χ1v) is 3.54. The van der Waals surface area contributed by atoms with Crippen LogP contribution in [0.5, 0.6) is 0 Å². The van der Waals surface area contributed by atoms with Gasteiger partial charge in [-0.2, -0.15) is 0 Å². The highest BCUT2D eigenvalue weighted by molar-refractivity contribution is 5.85. The average molecular weight is 211 g/mol. The monoisotopic (exact) mass is 210 g/mol. The molecule has 0 heterocycles. The van der Waals surface area contributed by atoms with Gasteiger partial charge in [0.2, 0.25) is 5.91 Å². The summed E-state index contributed by atoms with van der Waals surface area (Å²) in [5, 5.41) is 0. The second-order valence-corrected chi connectivity index (χ2v) is 3.14. The van der Waals surface area contributed by atoms with Crippen LogP contribution in [0.2, 0.25) is 0 Å². The second-order valence-electron chi connectivity index (χ2n) is 3.14. The molecule has 0 aromatic rings. The Hall–Kier alpha value is -0.810. The fourth-order valence-electron chi connectivity index (χ4n) is 0.543. The molecule has 3 N–H and O–H groups in total. The molecule has 13 heavy (non-hydrogen) atoms. The van der Waals surface area contributed by atoms with E-state index in [4.69, 9.17) is 5.84 Å². The number of rotatable bonds is 3. The van der Waals surface area contributed by atoms with Gasteiger partial charge in [-0.1, -0.05) is 0 Å². The number of nitrogens with one attached hydrogen (secondary N) is 1. The minimum Gasteiger partial charge on any atom is -0.465 e. The van der Waals surface area contributed by atoms with E-state index in [1.54, 1.807) is 13.8 Å². The first-order valence-electron chi connectivity index (χ1n) is 3.54. The van der Waals surface area contributed by atoms with Gasteiger partial charge in [0.05, 0.1) is 5.41 Å². The summed E-state index contributed by atoms with van der Waals surface area (Å²) in [5.74, 6) is 4.16. The molecular formula is C7H15ClN2O3. The molecule has 0 aliphatic rings. The summed E-state index contributed by atoms with van der Waals surface area (Å²) in [4.78, 5) is 21.4. The van der Waals surface area contributed by atoms with Crippen LogP contribution in [0.15, 0.2) is 0 Å². The Kier molecular flexibility index (Phi) is 6.53. The standard InChI is InChI=1S/C7H14N2O3.ClH/c1-5(10)12-4-7(2,3)6(11)9-8;/h4,8H2,1-3H3,(H,9,11);1H. The van der Waals surface area contributed by atoms with Crippen LogP contribution in [0.4, 0.5) is 0 Å². The molecule has 0 saturated carbocycles. The lowest BCUT2D eigenvalue weighted by Crippen LogP contribution is -2.43. The van der Waals surface area contributed by atoms with Gasteiger partial charge < -0.3 is 4.74 Å². The van der Waals surface area contributed by atoms with Gasteiger partial charge in [0, 0.05) is 6.92 Å². The molecule has 0 fully saturated rings. The first-order chi connectivity index (χ1) is 5.40. The molecule has 0 saturated heterocycles. The predicted octanol–water partition coefficient (Wildman–Crippen LogP) is -0.0126. The lowest BCUT2D eigenvalue weighted by molar-refractivity contribution is -0.147. The lowest BCUT2D eigenvalue weighted by atomic mass is 9.94. The van der Waals surface area contributed by atoms with Gasteiger partial charge in [-0.15, -0.1) is 12.4 Å². The minimum absolute atomic E-state index is 0. The maximum Gasteiger partial charge on any atom is 0.302 e. The minimum atomic E-state index is -0.777. The first kappa shape index (κ1) is 14.7. The van der Waals surface area contributed by atoms with Crippen molar-refractivity contribution < 1.29 is 14.3 Å². The molecule has 6 heteroatoms. The fraction of sp³-hybridized carbons (Fsp3) is 0.714. The Bertz CT molecular complexity index is 194. The van der Waals surface area contributed by atoms with Gasteiger partial charge in [-0.25, -0.2) is 5.84 Å². The van der Waals surface area contributed by atoms with Crippen molar-refractivity contribution in [2.75, 3.05) is 6.61 Å². The molecule has 0 bridgehead atoms. The van der Waals surface area contributed by atoms with Crippen LogP contribution in [0.3, 0.4) is 0 Å². The van der Waals surface area contributed by atoms with Gasteiger partial charge in [-0.05, 0) is 13.8 Å². The van der Waals surface area contributed by atoms with Crippen LogP contribution in [-0.4, -0.2) is 18.5 Å². The number of hydrogen-bond acceptors (Lipinski definition) is 4. The summed E-state index contributed by atoms with van der Waals surface area (Å²) in [5.41, 5.74) is 1.22. The molecule has 78 valence electrons. The normalized spacial score (nSPS) is 9.85. The van der Waals surface area contributed by atoms with E-state index in [0.29, 0.717) is 0 Å². The van der Waals surface area contributed by atoms with E-state index in [1.807, 2.05) is 5.43 Å². The Morgan fingerprint density at radius 3 is 2.23 bits per heavy atom.